The summed E-state index contributed by atoms with van der Waals surface area (Å²) in [6, 6.07) is 18.9. The van der Waals surface area contributed by atoms with Crippen molar-refractivity contribution in [1.82, 2.24) is 9.97 Å². The molecule has 2 atom stereocenters. The molecule has 0 saturated carbocycles. The van der Waals surface area contributed by atoms with Gasteiger partial charge in [0.1, 0.15) is 10.0 Å². The molecule has 0 spiro atoms. The lowest BCUT2D eigenvalue weighted by Crippen LogP contribution is -2.16. The Morgan fingerprint density at radius 1 is 0.767 bits per heavy atom. The van der Waals surface area contributed by atoms with Crippen molar-refractivity contribution in [3.8, 4) is 12.1 Å². The van der Waals surface area contributed by atoms with Crippen LogP contribution >= 0.6 is 22.7 Å². The molecule has 8 heteroatoms. The van der Waals surface area contributed by atoms with Gasteiger partial charge in [0.05, 0.1) is 32.6 Å². The lowest BCUT2D eigenvalue weighted by molar-refractivity contribution is -0.124. The molecule has 2 aromatic heterocycles. The minimum Gasteiger partial charge on any atom is -0.298 e. The minimum atomic E-state index is -1.02. The van der Waals surface area contributed by atoms with Crippen molar-refractivity contribution in [1.29, 1.82) is 10.5 Å². The average Bonchev–Trinajstić information content (AvgIpc) is 3.37. The highest BCUT2D eigenvalue weighted by Crippen LogP contribution is 2.31. The van der Waals surface area contributed by atoms with E-state index < -0.39 is 11.8 Å². The van der Waals surface area contributed by atoms with Gasteiger partial charge in [-0.15, -0.1) is 22.7 Å². The van der Waals surface area contributed by atoms with Crippen LogP contribution < -0.4 is 0 Å². The number of nitriles is 2. The van der Waals surface area contributed by atoms with Crippen LogP contribution in [-0.2, 0) is 9.59 Å². The quantitative estimate of drug-likeness (QED) is 0.419. The molecule has 0 aliphatic heterocycles. The van der Waals surface area contributed by atoms with E-state index in [1.807, 2.05) is 60.7 Å². The van der Waals surface area contributed by atoms with Crippen molar-refractivity contribution in [3.63, 3.8) is 0 Å². The predicted molar refractivity (Wildman–Crippen MR) is 115 cm³/mol. The molecule has 0 N–H and O–H groups in total. The van der Waals surface area contributed by atoms with E-state index >= 15 is 0 Å². The number of nitrogens with zero attached hydrogens (tertiary/aromatic N) is 4. The lowest BCUT2D eigenvalue weighted by Gasteiger charge is -2.07. The number of para-hydroxylation sites is 2. The first-order chi connectivity index (χ1) is 14.6. The fourth-order valence-corrected chi connectivity index (χ4v) is 5.16. The first-order valence-electron chi connectivity index (χ1n) is 9.16. The van der Waals surface area contributed by atoms with Crippen LogP contribution in [0, 0.1) is 22.7 Å². The van der Waals surface area contributed by atoms with Crippen molar-refractivity contribution in [2.24, 2.45) is 0 Å². The van der Waals surface area contributed by atoms with Crippen LogP contribution in [0.2, 0.25) is 0 Å². The number of carbonyl (C=O) groups is 2. The van der Waals surface area contributed by atoms with Crippen molar-refractivity contribution in [3.05, 3.63) is 58.5 Å². The zero-order chi connectivity index (χ0) is 21.1. The van der Waals surface area contributed by atoms with Crippen LogP contribution in [0.15, 0.2) is 48.5 Å². The fourth-order valence-electron chi connectivity index (χ4n) is 3.09. The number of rotatable bonds is 7. The van der Waals surface area contributed by atoms with Crippen LogP contribution in [0.25, 0.3) is 20.4 Å². The molecule has 4 aromatic rings. The summed E-state index contributed by atoms with van der Waals surface area (Å²) in [5.74, 6) is -2.77. The molecule has 0 amide bonds. The molecule has 2 heterocycles. The molecular formula is C22H14N4O2S2. The van der Waals surface area contributed by atoms with Gasteiger partial charge in [-0.2, -0.15) is 10.5 Å². The molecule has 0 saturated heterocycles. The van der Waals surface area contributed by atoms with Crippen LogP contribution in [0.1, 0.15) is 34.7 Å². The van der Waals surface area contributed by atoms with E-state index in [1.165, 1.54) is 22.7 Å². The van der Waals surface area contributed by atoms with Gasteiger partial charge in [0.2, 0.25) is 0 Å². The highest BCUT2D eigenvalue weighted by atomic mass is 32.1. The maximum Gasteiger partial charge on any atom is 0.157 e. The standard InChI is InChI=1S/C22H14N4O2S2/c23-11-13(21-25-15-5-1-3-7-19(15)29-21)17(27)9-10-18(28)14(12-24)22-26-16-6-2-4-8-20(16)30-22/h1-8,13-14H,9-10H2. The zero-order valence-corrected chi connectivity index (χ0v) is 17.2. The van der Waals surface area contributed by atoms with E-state index in [9.17, 15) is 20.1 Å². The topological polar surface area (TPSA) is 108 Å². The lowest BCUT2D eigenvalue weighted by atomic mass is 9.97. The molecule has 0 radical (unpaired) electrons. The third kappa shape index (κ3) is 3.84. The second-order valence-electron chi connectivity index (χ2n) is 6.60. The Labute approximate surface area is 180 Å². The molecule has 6 nitrogen and oxygen atoms in total. The maximum absolute atomic E-state index is 12.6. The minimum absolute atomic E-state index is 0.115. The van der Waals surface area contributed by atoms with Crippen LogP contribution in [0.5, 0.6) is 0 Å². The Hall–Kier alpha value is -3.46. The summed E-state index contributed by atoms with van der Waals surface area (Å²) in [5.41, 5.74) is 1.48. The van der Waals surface area contributed by atoms with Gasteiger partial charge in [-0.25, -0.2) is 9.97 Å². The molecule has 146 valence electrons. The SMILES string of the molecule is N#CC(C(=O)CCC(=O)C(C#N)c1nc2ccccc2s1)c1nc2ccccc2s1. The number of aromatic nitrogens is 2. The zero-order valence-electron chi connectivity index (χ0n) is 15.6. The van der Waals surface area contributed by atoms with E-state index in [0.29, 0.717) is 10.0 Å². The summed E-state index contributed by atoms with van der Waals surface area (Å²) in [6.07, 6.45) is -0.230. The van der Waals surface area contributed by atoms with Gasteiger partial charge in [0.25, 0.3) is 0 Å². The maximum atomic E-state index is 12.6. The van der Waals surface area contributed by atoms with Gasteiger partial charge >= 0.3 is 0 Å². The van der Waals surface area contributed by atoms with Crippen LogP contribution in [0.4, 0.5) is 0 Å². The van der Waals surface area contributed by atoms with Gasteiger partial charge in [0.15, 0.2) is 23.4 Å². The Balaban J connectivity index is 1.46. The molecule has 0 bridgehead atoms. The molecule has 30 heavy (non-hydrogen) atoms. The first-order valence-corrected chi connectivity index (χ1v) is 10.8. The normalized spacial score (nSPS) is 12.9. The number of thiazole rings is 2. The van der Waals surface area contributed by atoms with Crippen LogP contribution in [0.3, 0.4) is 0 Å². The number of ketones is 2. The summed E-state index contributed by atoms with van der Waals surface area (Å²) in [6.45, 7) is 0. The van der Waals surface area contributed by atoms with Gasteiger partial charge in [-0.1, -0.05) is 24.3 Å². The Kier molecular flexibility index (Phi) is 5.62. The number of fused-ring (bicyclic) bond motifs is 2. The van der Waals surface area contributed by atoms with Gasteiger partial charge in [-0.05, 0) is 24.3 Å². The van der Waals surface area contributed by atoms with E-state index in [4.69, 9.17) is 0 Å². The molecular weight excluding hydrogens is 416 g/mol. The van der Waals surface area contributed by atoms with E-state index in [-0.39, 0.29) is 24.4 Å². The van der Waals surface area contributed by atoms with Gasteiger partial charge < -0.3 is 0 Å². The smallest absolute Gasteiger partial charge is 0.157 e. The fraction of sp³-hybridized carbons (Fsp3) is 0.182. The summed E-state index contributed by atoms with van der Waals surface area (Å²) in [7, 11) is 0. The largest absolute Gasteiger partial charge is 0.298 e. The van der Waals surface area contributed by atoms with E-state index in [1.54, 1.807) is 0 Å². The number of benzene rings is 2. The Morgan fingerprint density at radius 3 is 1.53 bits per heavy atom. The molecule has 0 fully saturated rings. The third-order valence-electron chi connectivity index (χ3n) is 4.63. The summed E-state index contributed by atoms with van der Waals surface area (Å²) in [4.78, 5) is 34.1. The molecule has 0 aliphatic rings. The highest BCUT2D eigenvalue weighted by Gasteiger charge is 2.28. The summed E-state index contributed by atoms with van der Waals surface area (Å²) < 4.78 is 1.80. The van der Waals surface area contributed by atoms with E-state index in [2.05, 4.69) is 9.97 Å². The third-order valence-corrected chi connectivity index (χ3v) is 6.84. The molecule has 2 aromatic carbocycles. The second kappa shape index (κ2) is 8.50. The summed E-state index contributed by atoms with van der Waals surface area (Å²) in [5, 5.41) is 19.9. The highest BCUT2D eigenvalue weighted by molar-refractivity contribution is 7.19. The van der Waals surface area contributed by atoms with Crippen molar-refractivity contribution < 1.29 is 9.59 Å². The Bertz CT molecular complexity index is 1170. The number of Topliss-reactive ketones (excluding diaryl/α,β-unsaturated/α-hetero) is 2. The number of hydrogen-bond acceptors (Lipinski definition) is 8. The first kappa shape index (κ1) is 19.8. The number of hydrogen-bond donors (Lipinski definition) is 0. The van der Waals surface area contributed by atoms with Crippen molar-refractivity contribution in [2.45, 2.75) is 24.7 Å². The molecule has 4 rings (SSSR count). The number of carbonyl (C=O) groups excluding carboxylic acids is 2. The average molecular weight is 431 g/mol. The predicted octanol–water partition coefficient (Wildman–Crippen LogP) is 4.74. The van der Waals surface area contributed by atoms with Gasteiger partial charge in [-0.3, -0.25) is 9.59 Å². The second-order valence-corrected chi connectivity index (χ2v) is 8.72. The van der Waals surface area contributed by atoms with Gasteiger partial charge in [0, 0.05) is 12.8 Å². The van der Waals surface area contributed by atoms with Crippen molar-refractivity contribution >= 4 is 54.7 Å². The van der Waals surface area contributed by atoms with Crippen LogP contribution in [-0.4, -0.2) is 21.5 Å². The van der Waals surface area contributed by atoms with E-state index in [0.717, 1.165) is 20.4 Å². The Morgan fingerprint density at radius 2 is 1.17 bits per heavy atom. The molecule has 0 aliphatic carbocycles. The summed E-state index contributed by atoms with van der Waals surface area (Å²) >= 11 is 2.61. The monoisotopic (exact) mass is 430 g/mol. The van der Waals surface area contributed by atoms with Crippen molar-refractivity contribution in [2.75, 3.05) is 0 Å². The molecule has 2 unspecified atom stereocenters.